The van der Waals surface area contributed by atoms with Gasteiger partial charge in [0.1, 0.15) is 5.75 Å². The normalized spacial score (nSPS) is 13.1. The summed E-state index contributed by atoms with van der Waals surface area (Å²) in [6.07, 6.45) is 25.2. The Kier molecular flexibility index (Phi) is 20.6. The van der Waals surface area contributed by atoms with Crippen LogP contribution in [0.1, 0.15) is 148 Å². The van der Waals surface area contributed by atoms with Gasteiger partial charge in [0.25, 0.3) is 0 Å². The molecule has 0 aromatic heterocycles. The summed E-state index contributed by atoms with van der Waals surface area (Å²) in [6.45, 7) is 7.28. The largest absolute Gasteiger partial charge is 0.424 e. The van der Waals surface area contributed by atoms with Gasteiger partial charge in [0.2, 0.25) is 0 Å². The van der Waals surface area contributed by atoms with Crippen LogP contribution in [0.5, 0.6) is 5.75 Å². The van der Waals surface area contributed by atoms with Gasteiger partial charge in [0.05, 0.1) is 12.8 Å². The van der Waals surface area contributed by atoms with Crippen molar-refractivity contribution in [2.45, 2.75) is 149 Å². The number of hydrogen-bond donors (Lipinski definition) is 0. The van der Waals surface area contributed by atoms with Crippen LogP contribution < -0.4 is 4.52 Å². The van der Waals surface area contributed by atoms with E-state index >= 15 is 0 Å². The second kappa shape index (κ2) is 22.4. The van der Waals surface area contributed by atoms with E-state index in [1.165, 1.54) is 102 Å². The van der Waals surface area contributed by atoms with E-state index < -0.39 is 7.60 Å². The van der Waals surface area contributed by atoms with Crippen LogP contribution in [0.3, 0.4) is 0 Å². The van der Waals surface area contributed by atoms with Crippen molar-refractivity contribution in [1.29, 1.82) is 0 Å². The molecule has 0 radical (unpaired) electrons. The predicted molar refractivity (Wildman–Crippen MR) is 154 cm³/mol. The molecule has 0 N–H and O–H groups in total. The molecule has 0 heterocycles. The van der Waals surface area contributed by atoms with Gasteiger partial charge in [0.15, 0.2) is 0 Å². The van der Waals surface area contributed by atoms with Crippen LogP contribution in [0.2, 0.25) is 0 Å². The maximum Gasteiger partial charge on any atom is 0.379 e. The molecule has 0 saturated heterocycles. The van der Waals surface area contributed by atoms with Crippen molar-refractivity contribution in [3.05, 3.63) is 29.8 Å². The van der Waals surface area contributed by atoms with Crippen LogP contribution >= 0.6 is 7.60 Å². The summed E-state index contributed by atoms with van der Waals surface area (Å²) in [5.41, 5.74) is 1.34. The fraction of sp³-hybridized carbons (Fsp3) is 0.806. The lowest BCUT2D eigenvalue weighted by atomic mass is 10.0. The number of unbranched alkanes of at least 4 members (excludes halogenated alkanes) is 16. The van der Waals surface area contributed by atoms with E-state index in [2.05, 4.69) is 32.9 Å². The number of rotatable bonds is 25. The lowest BCUT2D eigenvalue weighted by Gasteiger charge is -2.20. The maximum atomic E-state index is 13.6. The van der Waals surface area contributed by atoms with E-state index in [0.717, 1.165) is 32.1 Å². The van der Waals surface area contributed by atoms with E-state index in [1.807, 2.05) is 12.1 Å². The second-order valence-corrected chi connectivity index (χ2v) is 12.4. The summed E-state index contributed by atoms with van der Waals surface area (Å²) in [6, 6.07) is 8.24. The van der Waals surface area contributed by atoms with Crippen molar-refractivity contribution in [3.8, 4) is 5.75 Å². The Balaban J connectivity index is 2.46. The molecule has 0 aliphatic heterocycles. The van der Waals surface area contributed by atoms with Gasteiger partial charge in [-0.15, -0.1) is 0 Å². The lowest BCUT2D eigenvalue weighted by Crippen LogP contribution is -2.04. The van der Waals surface area contributed by atoms with Crippen LogP contribution in [0, 0.1) is 0 Å². The molecule has 0 aliphatic carbocycles. The lowest BCUT2D eigenvalue weighted by molar-refractivity contribution is 0.256. The smallest absolute Gasteiger partial charge is 0.379 e. The van der Waals surface area contributed by atoms with E-state index in [-0.39, 0.29) is 0 Å². The molecule has 0 saturated carbocycles. The molecule has 0 fully saturated rings. The van der Waals surface area contributed by atoms with E-state index in [0.29, 0.717) is 18.5 Å². The molecule has 0 spiro atoms. The van der Waals surface area contributed by atoms with Crippen molar-refractivity contribution >= 4 is 7.60 Å². The third-order valence-corrected chi connectivity index (χ3v) is 8.74. The first kappa shape index (κ1) is 32.2. The molecule has 3 nitrogen and oxygen atoms in total. The van der Waals surface area contributed by atoms with Gasteiger partial charge in [-0.1, -0.05) is 136 Å². The third kappa shape index (κ3) is 18.2. The number of benzene rings is 1. The summed E-state index contributed by atoms with van der Waals surface area (Å²) >= 11 is 0. The quantitative estimate of drug-likeness (QED) is 0.0973. The highest BCUT2D eigenvalue weighted by Gasteiger charge is 2.25. The van der Waals surface area contributed by atoms with Gasteiger partial charge in [-0.3, -0.25) is 4.52 Å². The average Bonchev–Trinajstić information content (AvgIpc) is 2.86. The molecule has 1 rings (SSSR count). The standard InChI is InChI=1S/C31H57O3P/c1-4-7-10-13-16-17-20-23-30-24-26-31(27-25-30)34-35(32,29-22-19-15-12-9-6-3)33-28-21-18-14-11-8-5-2/h24-27H,4-23,28-29H2,1-3H3. The summed E-state index contributed by atoms with van der Waals surface area (Å²) < 4.78 is 25.6. The second-order valence-electron chi connectivity index (χ2n) is 10.3. The Hall–Kier alpha value is -0.790. The molecular weight excluding hydrogens is 451 g/mol. The number of aryl methyl sites for hydroxylation is 1. The van der Waals surface area contributed by atoms with Gasteiger partial charge in [0, 0.05) is 0 Å². The molecule has 4 heteroatoms. The van der Waals surface area contributed by atoms with Crippen molar-refractivity contribution in [3.63, 3.8) is 0 Å². The van der Waals surface area contributed by atoms with Crippen molar-refractivity contribution in [2.75, 3.05) is 12.8 Å². The zero-order valence-corrected chi connectivity index (χ0v) is 24.4. The molecule has 0 amide bonds. The Morgan fingerprint density at radius 2 is 1.03 bits per heavy atom. The molecule has 0 bridgehead atoms. The van der Waals surface area contributed by atoms with Gasteiger partial charge in [-0.2, -0.15) is 0 Å². The maximum absolute atomic E-state index is 13.6. The molecule has 35 heavy (non-hydrogen) atoms. The predicted octanol–water partition coefficient (Wildman–Crippen LogP) is 11.3. The molecule has 0 aliphatic rings. The average molecular weight is 509 g/mol. The highest BCUT2D eigenvalue weighted by molar-refractivity contribution is 7.54. The Labute approximate surface area is 218 Å². The first-order valence-electron chi connectivity index (χ1n) is 15.2. The third-order valence-electron chi connectivity index (χ3n) is 6.81. The zero-order chi connectivity index (χ0) is 25.5. The number of hydrogen-bond acceptors (Lipinski definition) is 3. The monoisotopic (exact) mass is 508 g/mol. The van der Waals surface area contributed by atoms with Crippen molar-refractivity contribution in [1.82, 2.24) is 0 Å². The molecule has 1 atom stereocenters. The van der Waals surface area contributed by atoms with Crippen LogP contribution in [0.15, 0.2) is 24.3 Å². The highest BCUT2D eigenvalue weighted by Crippen LogP contribution is 2.49. The SMILES string of the molecule is CCCCCCCCCc1ccc(OP(=O)(CCCCCCCC)OCCCCCCCC)cc1. The van der Waals surface area contributed by atoms with Crippen molar-refractivity contribution in [2.24, 2.45) is 0 Å². The van der Waals surface area contributed by atoms with Gasteiger partial charge < -0.3 is 4.52 Å². The summed E-state index contributed by atoms with van der Waals surface area (Å²) in [5.74, 6) is 0.686. The van der Waals surface area contributed by atoms with Gasteiger partial charge >= 0.3 is 7.60 Å². The first-order valence-corrected chi connectivity index (χ1v) is 16.9. The van der Waals surface area contributed by atoms with Crippen LogP contribution in [0.4, 0.5) is 0 Å². The Bertz CT molecular complexity index is 629. The summed E-state index contributed by atoms with van der Waals surface area (Å²) in [4.78, 5) is 0. The zero-order valence-electron chi connectivity index (χ0n) is 23.5. The molecule has 1 aromatic rings. The minimum absolute atomic E-state index is 0.523. The minimum atomic E-state index is -3.11. The van der Waals surface area contributed by atoms with E-state index in [9.17, 15) is 4.57 Å². The van der Waals surface area contributed by atoms with Crippen LogP contribution in [-0.2, 0) is 15.5 Å². The fourth-order valence-electron chi connectivity index (χ4n) is 4.47. The van der Waals surface area contributed by atoms with Gasteiger partial charge in [-0.05, 0) is 43.4 Å². The highest BCUT2D eigenvalue weighted by atomic mass is 31.2. The molecule has 204 valence electrons. The minimum Gasteiger partial charge on any atom is -0.424 e. The van der Waals surface area contributed by atoms with E-state index in [4.69, 9.17) is 9.05 Å². The Morgan fingerprint density at radius 3 is 1.57 bits per heavy atom. The fourth-order valence-corrected chi connectivity index (χ4v) is 6.21. The van der Waals surface area contributed by atoms with Crippen molar-refractivity contribution < 1.29 is 13.6 Å². The van der Waals surface area contributed by atoms with Crippen LogP contribution in [0.25, 0.3) is 0 Å². The summed E-state index contributed by atoms with van der Waals surface area (Å²) in [5, 5.41) is 0. The van der Waals surface area contributed by atoms with E-state index in [1.54, 1.807) is 0 Å². The first-order chi connectivity index (χ1) is 17.1. The topological polar surface area (TPSA) is 35.5 Å². The molecular formula is C31H57O3P. The Morgan fingerprint density at radius 1 is 0.571 bits per heavy atom. The molecule has 1 unspecified atom stereocenters. The molecule has 1 aromatic carbocycles. The summed E-state index contributed by atoms with van der Waals surface area (Å²) in [7, 11) is -3.11. The van der Waals surface area contributed by atoms with Gasteiger partial charge in [-0.25, -0.2) is 4.57 Å². The van der Waals surface area contributed by atoms with Crippen LogP contribution in [-0.4, -0.2) is 12.8 Å².